The number of nitrogens with one attached hydrogen (secondary N) is 1. The number of rotatable bonds is 8. The number of aryl methyl sites for hydroxylation is 1. The van der Waals surface area contributed by atoms with Crippen LogP contribution in [-0.4, -0.2) is 30.8 Å². The Morgan fingerprint density at radius 2 is 1.94 bits per heavy atom. The number of hydrogen-bond donors (Lipinski definition) is 1. The summed E-state index contributed by atoms with van der Waals surface area (Å²) in [5.74, 6) is 1.19. The first-order valence-electron chi connectivity index (χ1n) is 11.0. The van der Waals surface area contributed by atoms with E-state index < -0.39 is 0 Å². The maximum absolute atomic E-state index is 12.7. The highest BCUT2D eigenvalue weighted by Gasteiger charge is 2.35. The number of amides is 2. The van der Waals surface area contributed by atoms with E-state index in [2.05, 4.69) is 27.9 Å². The molecule has 1 fully saturated rings. The first-order chi connectivity index (χ1) is 16.9. The predicted octanol–water partition coefficient (Wildman–Crippen LogP) is 6.45. The Hall–Kier alpha value is -2.43. The smallest absolute Gasteiger partial charge is 0.262 e. The Morgan fingerprint density at radius 3 is 2.66 bits per heavy atom. The quantitative estimate of drug-likeness (QED) is 0.293. The number of anilines is 2. The Labute approximate surface area is 227 Å². The van der Waals surface area contributed by atoms with Crippen molar-refractivity contribution in [2.24, 2.45) is 0 Å². The molecular formula is C26H24ClIN2O4S. The molecule has 2 amide bonds. The molecule has 1 heterocycles. The molecule has 0 spiro atoms. The molecule has 1 saturated heterocycles. The van der Waals surface area contributed by atoms with Crippen LogP contribution < -0.4 is 19.7 Å². The Balaban J connectivity index is 1.55. The fraction of sp³-hybridized carbons (Fsp3) is 0.231. The van der Waals surface area contributed by atoms with Gasteiger partial charge in [-0.25, -0.2) is 0 Å². The molecule has 3 aromatic carbocycles. The van der Waals surface area contributed by atoms with Gasteiger partial charge >= 0.3 is 0 Å². The summed E-state index contributed by atoms with van der Waals surface area (Å²) in [6.45, 7) is 4.14. The van der Waals surface area contributed by atoms with Crippen molar-refractivity contribution in [1.29, 1.82) is 0 Å². The van der Waals surface area contributed by atoms with Crippen LogP contribution in [0.4, 0.5) is 11.4 Å². The number of benzene rings is 3. The number of thioether (sulfide) groups is 1. The van der Waals surface area contributed by atoms with Gasteiger partial charge in [-0.2, -0.15) is 0 Å². The summed E-state index contributed by atoms with van der Waals surface area (Å²) in [7, 11) is 0. The average molecular weight is 623 g/mol. The number of hydrogen-bond acceptors (Lipinski definition) is 5. The van der Waals surface area contributed by atoms with Gasteiger partial charge in [0.1, 0.15) is 5.37 Å². The molecule has 1 atom stereocenters. The van der Waals surface area contributed by atoms with Crippen LogP contribution in [0.5, 0.6) is 11.5 Å². The van der Waals surface area contributed by atoms with Gasteiger partial charge in [0.2, 0.25) is 5.91 Å². The molecule has 0 bridgehead atoms. The maximum atomic E-state index is 12.7. The molecule has 182 valence electrons. The van der Waals surface area contributed by atoms with Crippen LogP contribution in [0, 0.1) is 10.5 Å². The number of ether oxygens (including phenoxy) is 2. The highest BCUT2D eigenvalue weighted by molar-refractivity contribution is 14.1. The summed E-state index contributed by atoms with van der Waals surface area (Å²) in [5, 5.41) is 3.25. The maximum Gasteiger partial charge on any atom is 0.262 e. The molecule has 4 rings (SSSR count). The third-order valence-electron chi connectivity index (χ3n) is 5.24. The molecule has 0 radical (unpaired) electrons. The molecule has 0 aromatic heterocycles. The SMILES string of the molecule is CCOc1cc([C@@H]2SCC(=O)N2c2ccc(Cl)cc2)cc(I)c1OCC(=O)Nc1cccc(C)c1. The van der Waals surface area contributed by atoms with Crippen LogP contribution in [0.3, 0.4) is 0 Å². The number of carbonyl (C=O) groups is 2. The van der Waals surface area contributed by atoms with Gasteiger partial charge in [-0.15, -0.1) is 11.8 Å². The van der Waals surface area contributed by atoms with Gasteiger partial charge in [-0.05, 0) is 96.1 Å². The van der Waals surface area contributed by atoms with Crippen LogP contribution in [0.2, 0.25) is 5.02 Å². The van der Waals surface area contributed by atoms with Gasteiger partial charge in [-0.1, -0.05) is 23.7 Å². The van der Waals surface area contributed by atoms with Crippen molar-refractivity contribution >= 4 is 69.1 Å². The molecule has 6 nitrogen and oxygen atoms in total. The minimum atomic E-state index is -0.260. The largest absolute Gasteiger partial charge is 0.490 e. The highest BCUT2D eigenvalue weighted by atomic mass is 127. The minimum Gasteiger partial charge on any atom is -0.490 e. The lowest BCUT2D eigenvalue weighted by molar-refractivity contribution is -0.118. The van der Waals surface area contributed by atoms with Crippen LogP contribution in [-0.2, 0) is 9.59 Å². The van der Waals surface area contributed by atoms with Crippen LogP contribution in [0.1, 0.15) is 23.4 Å². The summed E-state index contributed by atoms with van der Waals surface area (Å²) in [4.78, 5) is 27.0. The second kappa shape index (κ2) is 11.5. The highest BCUT2D eigenvalue weighted by Crippen LogP contribution is 2.45. The van der Waals surface area contributed by atoms with Gasteiger partial charge in [-0.3, -0.25) is 14.5 Å². The van der Waals surface area contributed by atoms with E-state index >= 15 is 0 Å². The van der Waals surface area contributed by atoms with Crippen molar-refractivity contribution in [3.8, 4) is 11.5 Å². The molecule has 9 heteroatoms. The fourth-order valence-corrected chi connectivity index (χ4v) is 5.81. The standard InChI is InChI=1S/C26H24ClIN2O4S/c1-3-33-22-13-17(26-30(24(32)15-35-26)20-9-7-18(27)8-10-20)12-21(28)25(22)34-14-23(31)29-19-6-4-5-16(2)11-19/h4-13,26H,3,14-15H2,1-2H3,(H,29,31)/t26-/m0/s1. The Morgan fingerprint density at radius 1 is 1.17 bits per heavy atom. The summed E-state index contributed by atoms with van der Waals surface area (Å²) in [6, 6.07) is 18.7. The monoisotopic (exact) mass is 622 g/mol. The average Bonchev–Trinajstić information content (AvgIpc) is 3.20. The van der Waals surface area contributed by atoms with E-state index in [9.17, 15) is 9.59 Å². The van der Waals surface area contributed by atoms with Crippen molar-refractivity contribution < 1.29 is 19.1 Å². The van der Waals surface area contributed by atoms with Gasteiger partial charge < -0.3 is 14.8 Å². The third kappa shape index (κ3) is 6.23. The number of carbonyl (C=O) groups excluding carboxylic acids is 2. The predicted molar refractivity (Wildman–Crippen MR) is 150 cm³/mol. The van der Waals surface area contributed by atoms with Gasteiger partial charge in [0.15, 0.2) is 18.1 Å². The zero-order chi connectivity index (χ0) is 24.9. The van der Waals surface area contributed by atoms with Gasteiger partial charge in [0.05, 0.1) is 15.9 Å². The second-order valence-corrected chi connectivity index (χ2v) is 10.5. The van der Waals surface area contributed by atoms with Crippen LogP contribution in [0.25, 0.3) is 0 Å². The molecule has 0 aliphatic carbocycles. The molecule has 1 aliphatic heterocycles. The lowest BCUT2D eigenvalue weighted by Gasteiger charge is -2.25. The first-order valence-corrected chi connectivity index (χ1v) is 13.5. The van der Waals surface area contributed by atoms with Crippen molar-refractivity contribution in [2.75, 3.05) is 29.2 Å². The van der Waals surface area contributed by atoms with E-state index in [0.29, 0.717) is 28.9 Å². The lowest BCUT2D eigenvalue weighted by Crippen LogP contribution is -2.27. The zero-order valence-electron chi connectivity index (χ0n) is 19.2. The summed E-state index contributed by atoms with van der Waals surface area (Å²) < 4.78 is 12.6. The second-order valence-electron chi connectivity index (χ2n) is 7.87. The van der Waals surface area contributed by atoms with E-state index in [4.69, 9.17) is 21.1 Å². The number of nitrogens with zero attached hydrogens (tertiary/aromatic N) is 1. The van der Waals surface area contributed by atoms with Gasteiger partial charge in [0.25, 0.3) is 5.91 Å². The molecular weight excluding hydrogens is 599 g/mol. The van der Waals surface area contributed by atoms with Crippen molar-refractivity contribution in [3.05, 3.63) is 80.4 Å². The lowest BCUT2D eigenvalue weighted by atomic mass is 10.1. The van der Waals surface area contributed by atoms with E-state index in [0.717, 1.165) is 26.1 Å². The van der Waals surface area contributed by atoms with Crippen LogP contribution in [0.15, 0.2) is 60.7 Å². The summed E-state index contributed by atoms with van der Waals surface area (Å²) in [6.07, 6.45) is 0. The minimum absolute atomic E-state index is 0.0310. The number of halogens is 2. The van der Waals surface area contributed by atoms with Crippen LogP contribution >= 0.6 is 46.0 Å². The fourth-order valence-electron chi connectivity index (χ4n) is 3.74. The molecule has 3 aromatic rings. The zero-order valence-corrected chi connectivity index (χ0v) is 22.9. The Bertz CT molecular complexity index is 1240. The van der Waals surface area contributed by atoms with Crippen molar-refractivity contribution in [1.82, 2.24) is 0 Å². The molecule has 1 aliphatic rings. The van der Waals surface area contributed by atoms with Crippen molar-refractivity contribution in [3.63, 3.8) is 0 Å². The van der Waals surface area contributed by atoms with E-state index in [1.165, 1.54) is 0 Å². The van der Waals surface area contributed by atoms with Crippen molar-refractivity contribution in [2.45, 2.75) is 19.2 Å². The van der Waals surface area contributed by atoms with E-state index in [1.807, 2.05) is 62.4 Å². The van der Waals surface area contributed by atoms with E-state index in [1.54, 1.807) is 28.8 Å². The normalized spacial score (nSPS) is 15.3. The molecule has 35 heavy (non-hydrogen) atoms. The molecule has 0 unspecified atom stereocenters. The molecule has 1 N–H and O–H groups in total. The molecule has 0 saturated carbocycles. The van der Waals surface area contributed by atoms with Gasteiger partial charge in [0, 0.05) is 16.4 Å². The topological polar surface area (TPSA) is 67.9 Å². The van der Waals surface area contributed by atoms with E-state index in [-0.39, 0.29) is 23.8 Å². The summed E-state index contributed by atoms with van der Waals surface area (Å²) >= 11 is 9.77. The third-order valence-corrected chi connectivity index (χ3v) is 7.50. The summed E-state index contributed by atoms with van der Waals surface area (Å²) in [5.41, 5.74) is 3.48. The first kappa shape index (κ1) is 25.7. The Kier molecular flexibility index (Phi) is 8.46.